The predicted molar refractivity (Wildman–Crippen MR) is 89.5 cm³/mol. The Hall–Kier alpha value is -2.28. The Labute approximate surface area is 145 Å². The molecule has 3 N–H and O–H groups in total. The fourth-order valence-electron chi connectivity index (χ4n) is 1.99. The maximum absolute atomic E-state index is 11.9. The molecule has 1 aromatic rings. The molecule has 0 radical (unpaired) electrons. The van der Waals surface area contributed by atoms with Crippen LogP contribution in [0.25, 0.3) is 0 Å². The van der Waals surface area contributed by atoms with Crippen molar-refractivity contribution in [3.8, 4) is 0 Å². The fraction of sp³-hybridized carbons (Fsp3) is 0.438. The zero-order valence-corrected chi connectivity index (χ0v) is 14.6. The summed E-state index contributed by atoms with van der Waals surface area (Å²) in [7, 11) is 1.24. The number of benzene rings is 1. The van der Waals surface area contributed by atoms with Gasteiger partial charge in [0.05, 0.1) is 12.7 Å². The van der Waals surface area contributed by atoms with E-state index < -0.39 is 30.5 Å². The third-order valence-electron chi connectivity index (χ3n) is 3.10. The standard InChI is InChI=1S/C16H21ClN2O5/c1-9(2)6-13(16(22)23-3)19-14(20)8-24-15(21)11-5-4-10(17)7-12(11)18/h4-5,7,9,13H,6,8,18H2,1-3H3,(H,19,20)/t13-/m1/s1. The van der Waals surface area contributed by atoms with Gasteiger partial charge in [-0.05, 0) is 30.5 Å². The minimum atomic E-state index is -0.790. The lowest BCUT2D eigenvalue weighted by atomic mass is 10.0. The van der Waals surface area contributed by atoms with Crippen molar-refractivity contribution in [2.45, 2.75) is 26.3 Å². The van der Waals surface area contributed by atoms with Gasteiger partial charge in [-0.15, -0.1) is 0 Å². The van der Waals surface area contributed by atoms with Gasteiger partial charge in [-0.3, -0.25) is 4.79 Å². The second-order valence-corrected chi connectivity index (χ2v) is 6.02. The number of methoxy groups -OCH3 is 1. The number of halogens is 1. The summed E-state index contributed by atoms with van der Waals surface area (Å²) in [6, 6.07) is 3.52. The highest BCUT2D eigenvalue weighted by Crippen LogP contribution is 2.18. The smallest absolute Gasteiger partial charge is 0.340 e. The van der Waals surface area contributed by atoms with Gasteiger partial charge in [-0.1, -0.05) is 25.4 Å². The van der Waals surface area contributed by atoms with E-state index in [2.05, 4.69) is 10.1 Å². The monoisotopic (exact) mass is 356 g/mol. The molecular weight excluding hydrogens is 336 g/mol. The molecule has 0 aliphatic heterocycles. The highest BCUT2D eigenvalue weighted by atomic mass is 35.5. The molecule has 0 fully saturated rings. The van der Waals surface area contributed by atoms with E-state index in [9.17, 15) is 14.4 Å². The Morgan fingerprint density at radius 1 is 1.29 bits per heavy atom. The maximum atomic E-state index is 11.9. The Kier molecular flexibility index (Phi) is 7.51. The second-order valence-electron chi connectivity index (χ2n) is 5.58. The van der Waals surface area contributed by atoms with Crippen molar-refractivity contribution in [2.75, 3.05) is 19.5 Å². The van der Waals surface area contributed by atoms with Gasteiger partial charge in [-0.2, -0.15) is 0 Å². The van der Waals surface area contributed by atoms with Gasteiger partial charge < -0.3 is 20.5 Å². The molecule has 0 bridgehead atoms. The van der Waals surface area contributed by atoms with E-state index in [0.717, 1.165) is 0 Å². The van der Waals surface area contributed by atoms with Crippen molar-refractivity contribution in [3.05, 3.63) is 28.8 Å². The van der Waals surface area contributed by atoms with E-state index >= 15 is 0 Å². The van der Waals surface area contributed by atoms with E-state index in [1.807, 2.05) is 13.8 Å². The van der Waals surface area contributed by atoms with E-state index in [1.54, 1.807) is 0 Å². The number of esters is 2. The van der Waals surface area contributed by atoms with Gasteiger partial charge >= 0.3 is 11.9 Å². The average molecular weight is 357 g/mol. The first-order chi connectivity index (χ1) is 11.2. The number of hydrogen-bond donors (Lipinski definition) is 2. The topological polar surface area (TPSA) is 108 Å². The minimum Gasteiger partial charge on any atom is -0.467 e. The van der Waals surface area contributed by atoms with Gasteiger partial charge in [0.15, 0.2) is 6.61 Å². The molecule has 7 nitrogen and oxygen atoms in total. The lowest BCUT2D eigenvalue weighted by Gasteiger charge is -2.18. The number of rotatable bonds is 7. The number of carbonyl (C=O) groups is 3. The summed E-state index contributed by atoms with van der Waals surface area (Å²) in [6.45, 7) is 3.28. The van der Waals surface area contributed by atoms with Crippen molar-refractivity contribution in [3.63, 3.8) is 0 Å². The predicted octanol–water partition coefficient (Wildman–Crippen LogP) is 1.78. The summed E-state index contributed by atoms with van der Waals surface area (Å²) in [4.78, 5) is 35.4. The van der Waals surface area contributed by atoms with Crippen LogP contribution in [0.15, 0.2) is 18.2 Å². The molecule has 0 unspecified atom stereocenters. The normalized spacial score (nSPS) is 11.7. The third-order valence-corrected chi connectivity index (χ3v) is 3.33. The number of anilines is 1. The first-order valence-corrected chi connectivity index (χ1v) is 7.71. The number of ether oxygens (including phenoxy) is 2. The molecular formula is C16H21ClN2O5. The number of amides is 1. The fourth-order valence-corrected chi connectivity index (χ4v) is 2.17. The summed E-state index contributed by atoms with van der Waals surface area (Å²) >= 11 is 5.75. The number of nitrogen functional groups attached to an aromatic ring is 1. The number of nitrogens with two attached hydrogens (primary N) is 1. The summed E-state index contributed by atoms with van der Waals surface area (Å²) in [5, 5.41) is 2.87. The zero-order valence-electron chi connectivity index (χ0n) is 13.8. The summed E-state index contributed by atoms with van der Waals surface area (Å²) in [6.07, 6.45) is 0.413. The van der Waals surface area contributed by atoms with E-state index in [4.69, 9.17) is 22.1 Å². The van der Waals surface area contributed by atoms with Crippen LogP contribution in [0.4, 0.5) is 5.69 Å². The summed E-state index contributed by atoms with van der Waals surface area (Å²) in [5.74, 6) is -1.74. The van der Waals surface area contributed by atoms with E-state index in [1.165, 1.54) is 25.3 Å². The second kappa shape index (κ2) is 9.12. The zero-order chi connectivity index (χ0) is 18.3. The molecule has 0 heterocycles. The van der Waals surface area contributed by atoms with Crippen LogP contribution in [-0.2, 0) is 19.1 Å². The van der Waals surface area contributed by atoms with Crippen molar-refractivity contribution in [1.82, 2.24) is 5.32 Å². The van der Waals surface area contributed by atoms with Crippen LogP contribution < -0.4 is 11.1 Å². The molecule has 0 aromatic heterocycles. The van der Waals surface area contributed by atoms with Crippen LogP contribution in [0, 0.1) is 5.92 Å². The molecule has 0 spiro atoms. The van der Waals surface area contributed by atoms with Crippen LogP contribution in [0.5, 0.6) is 0 Å². The highest BCUT2D eigenvalue weighted by Gasteiger charge is 2.23. The summed E-state index contributed by atoms with van der Waals surface area (Å²) in [5.41, 5.74) is 5.94. The number of carbonyl (C=O) groups excluding carboxylic acids is 3. The molecule has 132 valence electrons. The third kappa shape index (κ3) is 6.08. The SMILES string of the molecule is COC(=O)[C@@H](CC(C)C)NC(=O)COC(=O)c1ccc(Cl)cc1N. The molecule has 0 aliphatic rings. The van der Waals surface area contributed by atoms with Crippen LogP contribution in [-0.4, -0.2) is 37.6 Å². The first-order valence-electron chi connectivity index (χ1n) is 7.34. The highest BCUT2D eigenvalue weighted by molar-refractivity contribution is 6.31. The van der Waals surface area contributed by atoms with E-state index in [0.29, 0.717) is 11.4 Å². The molecule has 1 aromatic carbocycles. The van der Waals surface area contributed by atoms with Crippen LogP contribution in [0.2, 0.25) is 5.02 Å². The Morgan fingerprint density at radius 2 is 1.96 bits per heavy atom. The lowest BCUT2D eigenvalue weighted by molar-refractivity contribution is -0.145. The van der Waals surface area contributed by atoms with Crippen LogP contribution in [0.1, 0.15) is 30.6 Å². The quantitative estimate of drug-likeness (QED) is 0.569. The van der Waals surface area contributed by atoms with Crippen LogP contribution >= 0.6 is 11.6 Å². The Balaban J connectivity index is 2.60. The summed E-state index contributed by atoms with van der Waals surface area (Å²) < 4.78 is 9.55. The molecule has 1 rings (SSSR count). The molecule has 24 heavy (non-hydrogen) atoms. The molecule has 8 heteroatoms. The number of hydrogen-bond acceptors (Lipinski definition) is 6. The van der Waals surface area contributed by atoms with Gasteiger partial charge in [0.1, 0.15) is 6.04 Å². The molecule has 0 saturated carbocycles. The molecule has 0 saturated heterocycles. The maximum Gasteiger partial charge on any atom is 0.340 e. The average Bonchev–Trinajstić information content (AvgIpc) is 2.50. The van der Waals surface area contributed by atoms with Crippen molar-refractivity contribution < 1.29 is 23.9 Å². The van der Waals surface area contributed by atoms with Gasteiger partial charge in [-0.25, -0.2) is 9.59 Å². The Morgan fingerprint density at radius 3 is 2.50 bits per heavy atom. The number of nitrogens with one attached hydrogen (secondary N) is 1. The first kappa shape index (κ1) is 19.8. The largest absolute Gasteiger partial charge is 0.467 e. The van der Waals surface area contributed by atoms with Crippen LogP contribution in [0.3, 0.4) is 0 Å². The Bertz CT molecular complexity index is 618. The molecule has 1 atom stereocenters. The minimum absolute atomic E-state index is 0.110. The van der Waals surface area contributed by atoms with E-state index in [-0.39, 0.29) is 17.2 Å². The molecule has 0 aliphatic carbocycles. The van der Waals surface area contributed by atoms with Gasteiger partial charge in [0, 0.05) is 10.7 Å². The molecule has 1 amide bonds. The van der Waals surface area contributed by atoms with Crippen molar-refractivity contribution >= 4 is 35.1 Å². The van der Waals surface area contributed by atoms with Crippen molar-refractivity contribution in [1.29, 1.82) is 0 Å². The lowest BCUT2D eigenvalue weighted by Crippen LogP contribution is -2.44. The van der Waals surface area contributed by atoms with Gasteiger partial charge in [0.25, 0.3) is 5.91 Å². The van der Waals surface area contributed by atoms with Crippen molar-refractivity contribution in [2.24, 2.45) is 5.92 Å². The van der Waals surface area contributed by atoms with Gasteiger partial charge in [0.2, 0.25) is 0 Å².